The molecule has 2 nitrogen and oxygen atoms in total. The van der Waals surface area contributed by atoms with E-state index < -0.39 is 0 Å². The van der Waals surface area contributed by atoms with E-state index in [4.69, 9.17) is 0 Å². The van der Waals surface area contributed by atoms with E-state index >= 15 is 0 Å². The molecule has 2 heteroatoms. The van der Waals surface area contributed by atoms with Crippen LogP contribution >= 0.6 is 0 Å². The molecule has 1 rings (SSSR count). The van der Waals surface area contributed by atoms with Crippen molar-refractivity contribution in [2.24, 2.45) is 5.92 Å². The van der Waals surface area contributed by atoms with Crippen molar-refractivity contribution in [2.45, 2.75) is 40.0 Å². The molecular formula is C14H28N2. The fraction of sp³-hybridized carbons (Fsp3) is 0.857. The van der Waals surface area contributed by atoms with Gasteiger partial charge in [-0.3, -0.25) is 0 Å². The van der Waals surface area contributed by atoms with Gasteiger partial charge in [0.25, 0.3) is 0 Å². The molecule has 0 radical (unpaired) electrons. The second-order valence-corrected chi connectivity index (χ2v) is 5.32. The van der Waals surface area contributed by atoms with Crippen molar-refractivity contribution in [1.82, 2.24) is 9.80 Å². The Morgan fingerprint density at radius 3 is 2.56 bits per heavy atom. The van der Waals surface area contributed by atoms with E-state index in [-0.39, 0.29) is 0 Å². The van der Waals surface area contributed by atoms with Crippen LogP contribution in [0, 0.1) is 5.92 Å². The molecule has 1 aliphatic heterocycles. The molecule has 1 fully saturated rings. The van der Waals surface area contributed by atoms with Gasteiger partial charge in [0.1, 0.15) is 0 Å². The molecule has 0 bridgehead atoms. The Labute approximate surface area is 101 Å². The fourth-order valence-electron chi connectivity index (χ4n) is 2.20. The molecule has 94 valence electrons. The number of hydrogen-bond donors (Lipinski definition) is 0. The average Bonchev–Trinajstić information content (AvgIpc) is 2.44. The van der Waals surface area contributed by atoms with E-state index in [1.165, 1.54) is 45.4 Å². The highest BCUT2D eigenvalue weighted by atomic mass is 15.2. The van der Waals surface area contributed by atoms with Crippen molar-refractivity contribution in [1.29, 1.82) is 0 Å². The lowest BCUT2D eigenvalue weighted by atomic mass is 10.1. The third-order valence-corrected chi connectivity index (χ3v) is 3.31. The molecule has 0 aromatic carbocycles. The number of hydrogen-bond acceptors (Lipinski definition) is 2. The lowest BCUT2D eigenvalue weighted by Crippen LogP contribution is -2.28. The van der Waals surface area contributed by atoms with E-state index in [1.54, 1.807) is 5.70 Å². The Morgan fingerprint density at radius 1 is 1.19 bits per heavy atom. The first kappa shape index (κ1) is 13.6. The topological polar surface area (TPSA) is 6.48 Å². The van der Waals surface area contributed by atoms with Crippen molar-refractivity contribution in [3.63, 3.8) is 0 Å². The third-order valence-electron chi connectivity index (χ3n) is 3.31. The predicted molar refractivity (Wildman–Crippen MR) is 71.5 cm³/mol. The van der Waals surface area contributed by atoms with Crippen LogP contribution in [0.5, 0.6) is 0 Å². The summed E-state index contributed by atoms with van der Waals surface area (Å²) in [6.45, 7) is 11.8. The smallest absolute Gasteiger partial charge is 0.0302 e. The summed E-state index contributed by atoms with van der Waals surface area (Å²) in [7, 11) is 2.23. The molecular weight excluding hydrogens is 196 g/mol. The quantitative estimate of drug-likeness (QED) is 0.724. The van der Waals surface area contributed by atoms with Gasteiger partial charge in [-0.1, -0.05) is 26.8 Å². The molecule has 0 N–H and O–H groups in total. The van der Waals surface area contributed by atoms with Gasteiger partial charge in [0.15, 0.2) is 0 Å². The Morgan fingerprint density at radius 2 is 1.94 bits per heavy atom. The zero-order valence-corrected chi connectivity index (χ0v) is 11.5. The van der Waals surface area contributed by atoms with Crippen molar-refractivity contribution in [3.05, 3.63) is 11.8 Å². The minimum atomic E-state index is 0.774. The monoisotopic (exact) mass is 224 g/mol. The van der Waals surface area contributed by atoms with Crippen LogP contribution in [0.25, 0.3) is 0 Å². The van der Waals surface area contributed by atoms with E-state index in [0.717, 1.165) is 5.92 Å². The molecule has 0 amide bonds. The molecule has 16 heavy (non-hydrogen) atoms. The molecule has 0 saturated carbocycles. The normalized spacial score (nSPS) is 20.3. The van der Waals surface area contributed by atoms with Crippen LogP contribution in [-0.4, -0.2) is 43.0 Å². The van der Waals surface area contributed by atoms with Gasteiger partial charge in [-0.2, -0.15) is 0 Å². The predicted octanol–water partition coefficient (Wildman–Crippen LogP) is 2.96. The summed E-state index contributed by atoms with van der Waals surface area (Å²) < 4.78 is 0. The Hall–Kier alpha value is -0.500. The highest BCUT2D eigenvalue weighted by molar-refractivity contribution is 5.01. The van der Waals surface area contributed by atoms with Crippen molar-refractivity contribution in [3.8, 4) is 0 Å². The molecule has 0 unspecified atom stereocenters. The maximum absolute atomic E-state index is 2.59. The number of likely N-dealkylation sites (N-methyl/N-ethyl adjacent to an activating group) is 1. The van der Waals surface area contributed by atoms with Crippen LogP contribution in [0.4, 0.5) is 0 Å². The molecule has 0 spiro atoms. The largest absolute Gasteiger partial charge is 0.374 e. The maximum Gasteiger partial charge on any atom is 0.0302 e. The van der Waals surface area contributed by atoms with E-state index in [0.29, 0.717) is 0 Å². The summed E-state index contributed by atoms with van der Waals surface area (Å²) in [5.41, 5.74) is 1.56. The third kappa shape index (κ3) is 4.56. The van der Waals surface area contributed by atoms with Crippen molar-refractivity contribution < 1.29 is 0 Å². The summed E-state index contributed by atoms with van der Waals surface area (Å²) in [6, 6.07) is 0. The Kier molecular flexibility index (Phi) is 5.89. The van der Waals surface area contributed by atoms with Crippen molar-refractivity contribution >= 4 is 0 Å². The first-order chi connectivity index (χ1) is 7.63. The lowest BCUT2D eigenvalue weighted by Gasteiger charge is -2.25. The van der Waals surface area contributed by atoms with Gasteiger partial charge in [0.05, 0.1) is 0 Å². The van der Waals surface area contributed by atoms with Gasteiger partial charge >= 0.3 is 0 Å². The lowest BCUT2D eigenvalue weighted by molar-refractivity contribution is 0.319. The van der Waals surface area contributed by atoms with Crippen LogP contribution in [0.1, 0.15) is 40.0 Å². The summed E-state index contributed by atoms with van der Waals surface area (Å²) in [5, 5.41) is 0. The maximum atomic E-state index is 2.59. The van der Waals surface area contributed by atoms with E-state index in [9.17, 15) is 0 Å². The minimum absolute atomic E-state index is 0.774. The standard InChI is InChI=1S/C14H28N2/c1-5-14(8-7-13(2)3)16-10-6-9-15(4)11-12-16/h8,13H,5-7,9-12H2,1-4H3/b14-8+. The molecule has 0 aromatic rings. The van der Waals surface area contributed by atoms with Crippen LogP contribution < -0.4 is 0 Å². The van der Waals surface area contributed by atoms with Gasteiger partial charge in [0, 0.05) is 25.3 Å². The highest BCUT2D eigenvalue weighted by Gasteiger charge is 2.13. The summed E-state index contributed by atoms with van der Waals surface area (Å²) in [5.74, 6) is 0.774. The first-order valence-corrected chi connectivity index (χ1v) is 6.76. The van der Waals surface area contributed by atoms with Gasteiger partial charge < -0.3 is 9.80 Å². The molecule has 0 aromatic heterocycles. The van der Waals surface area contributed by atoms with Gasteiger partial charge in [-0.25, -0.2) is 0 Å². The molecule has 0 atom stereocenters. The van der Waals surface area contributed by atoms with E-state index in [1.807, 2.05) is 0 Å². The zero-order chi connectivity index (χ0) is 12.0. The first-order valence-electron chi connectivity index (χ1n) is 6.76. The van der Waals surface area contributed by atoms with Gasteiger partial charge in [-0.15, -0.1) is 0 Å². The van der Waals surface area contributed by atoms with Crippen molar-refractivity contribution in [2.75, 3.05) is 33.2 Å². The van der Waals surface area contributed by atoms with Crippen LogP contribution in [-0.2, 0) is 0 Å². The summed E-state index contributed by atoms with van der Waals surface area (Å²) in [6.07, 6.45) is 6.15. The SMILES string of the molecule is CC/C(=C\CC(C)C)N1CCCN(C)CC1. The summed E-state index contributed by atoms with van der Waals surface area (Å²) in [4.78, 5) is 5.03. The van der Waals surface area contributed by atoms with Crippen LogP contribution in [0.15, 0.2) is 11.8 Å². The molecule has 1 aliphatic rings. The number of allylic oxidation sites excluding steroid dienone is 2. The van der Waals surface area contributed by atoms with Gasteiger partial charge in [-0.05, 0) is 38.8 Å². The second kappa shape index (κ2) is 6.95. The zero-order valence-electron chi connectivity index (χ0n) is 11.5. The number of rotatable bonds is 4. The highest BCUT2D eigenvalue weighted by Crippen LogP contribution is 2.15. The summed E-state index contributed by atoms with van der Waals surface area (Å²) >= 11 is 0. The average molecular weight is 224 g/mol. The molecule has 1 saturated heterocycles. The number of nitrogens with zero attached hydrogens (tertiary/aromatic N) is 2. The Bertz CT molecular complexity index is 221. The fourth-order valence-corrected chi connectivity index (χ4v) is 2.20. The molecule has 0 aliphatic carbocycles. The van der Waals surface area contributed by atoms with Crippen LogP contribution in [0.3, 0.4) is 0 Å². The van der Waals surface area contributed by atoms with Gasteiger partial charge in [0.2, 0.25) is 0 Å². The van der Waals surface area contributed by atoms with E-state index in [2.05, 4.69) is 43.7 Å². The Balaban J connectivity index is 2.54. The second-order valence-electron chi connectivity index (χ2n) is 5.32. The minimum Gasteiger partial charge on any atom is -0.374 e. The molecule has 1 heterocycles. The van der Waals surface area contributed by atoms with Crippen LogP contribution in [0.2, 0.25) is 0 Å².